The Labute approximate surface area is 153 Å². The van der Waals surface area contributed by atoms with Crippen LogP contribution in [0, 0.1) is 0 Å². The van der Waals surface area contributed by atoms with Crippen molar-refractivity contribution in [1.29, 1.82) is 0 Å². The number of aromatic nitrogens is 1. The zero-order chi connectivity index (χ0) is 18.5. The van der Waals surface area contributed by atoms with Gasteiger partial charge in [0.15, 0.2) is 0 Å². The maximum absolute atomic E-state index is 12.5. The SMILES string of the molecule is C=CC[C@H](C(=O)O)N1CCN(CCCc2ccc3c(n2)NCCC3)C1=O. The molecule has 26 heavy (non-hydrogen) atoms. The van der Waals surface area contributed by atoms with E-state index in [1.165, 1.54) is 10.5 Å². The summed E-state index contributed by atoms with van der Waals surface area (Å²) in [6, 6.07) is 3.19. The Morgan fingerprint density at radius 3 is 3.04 bits per heavy atom. The molecule has 0 saturated carbocycles. The van der Waals surface area contributed by atoms with E-state index in [0.717, 1.165) is 43.7 Å². The Morgan fingerprint density at radius 2 is 2.27 bits per heavy atom. The summed E-state index contributed by atoms with van der Waals surface area (Å²) in [5, 5.41) is 12.7. The third-order valence-electron chi connectivity index (χ3n) is 4.99. The molecule has 2 aliphatic rings. The van der Waals surface area contributed by atoms with Gasteiger partial charge in [-0.15, -0.1) is 6.58 Å². The monoisotopic (exact) mass is 358 g/mol. The van der Waals surface area contributed by atoms with E-state index in [2.05, 4.69) is 29.0 Å². The van der Waals surface area contributed by atoms with Crippen molar-refractivity contribution in [2.45, 2.75) is 38.1 Å². The lowest BCUT2D eigenvalue weighted by Crippen LogP contribution is -2.43. The minimum atomic E-state index is -0.981. The van der Waals surface area contributed by atoms with Gasteiger partial charge in [-0.2, -0.15) is 0 Å². The summed E-state index contributed by atoms with van der Waals surface area (Å²) in [5.74, 6) is 0.0109. The van der Waals surface area contributed by atoms with Gasteiger partial charge in [-0.1, -0.05) is 12.1 Å². The number of urea groups is 1. The number of aryl methyl sites for hydroxylation is 2. The van der Waals surface area contributed by atoms with E-state index in [1.54, 1.807) is 11.0 Å². The van der Waals surface area contributed by atoms with Gasteiger partial charge in [0.25, 0.3) is 0 Å². The average molecular weight is 358 g/mol. The molecule has 7 heteroatoms. The molecular weight excluding hydrogens is 332 g/mol. The van der Waals surface area contributed by atoms with Crippen LogP contribution in [0.4, 0.5) is 10.6 Å². The number of amides is 2. The van der Waals surface area contributed by atoms with Crippen LogP contribution in [0.2, 0.25) is 0 Å². The van der Waals surface area contributed by atoms with Crippen molar-refractivity contribution in [3.05, 3.63) is 36.0 Å². The molecule has 0 bridgehead atoms. The zero-order valence-corrected chi connectivity index (χ0v) is 15.0. The second-order valence-electron chi connectivity index (χ2n) is 6.79. The molecule has 2 aliphatic heterocycles. The van der Waals surface area contributed by atoms with Gasteiger partial charge in [-0.05, 0) is 43.7 Å². The number of hydrogen-bond acceptors (Lipinski definition) is 4. The van der Waals surface area contributed by atoms with E-state index in [0.29, 0.717) is 19.6 Å². The number of carboxylic acids is 1. The summed E-state index contributed by atoms with van der Waals surface area (Å²) < 4.78 is 0. The number of nitrogens with one attached hydrogen (secondary N) is 1. The van der Waals surface area contributed by atoms with Crippen molar-refractivity contribution in [3.63, 3.8) is 0 Å². The fourth-order valence-electron chi connectivity index (χ4n) is 3.58. The fraction of sp³-hybridized carbons (Fsp3) is 0.526. The Hall–Kier alpha value is -2.57. The van der Waals surface area contributed by atoms with Crippen LogP contribution in [-0.4, -0.2) is 64.1 Å². The maximum atomic E-state index is 12.5. The molecule has 2 N–H and O–H groups in total. The van der Waals surface area contributed by atoms with Gasteiger partial charge in [0.2, 0.25) is 0 Å². The Kier molecular flexibility index (Phi) is 5.75. The molecule has 1 aromatic rings. The molecule has 1 saturated heterocycles. The second kappa shape index (κ2) is 8.21. The van der Waals surface area contributed by atoms with Gasteiger partial charge in [-0.3, -0.25) is 0 Å². The number of nitrogens with zero attached hydrogens (tertiary/aromatic N) is 3. The predicted molar refractivity (Wildman–Crippen MR) is 99.3 cm³/mol. The Balaban J connectivity index is 1.52. The summed E-state index contributed by atoms with van der Waals surface area (Å²) in [6.07, 6.45) is 5.64. The number of rotatable bonds is 8. The molecule has 1 fully saturated rings. The number of carbonyl (C=O) groups is 2. The molecule has 0 unspecified atom stereocenters. The molecule has 2 amide bonds. The van der Waals surface area contributed by atoms with Gasteiger partial charge < -0.3 is 20.2 Å². The standard InChI is InChI=1S/C19H26N4O3/c1-2-5-16(18(24)25)23-13-12-22(19(23)26)11-4-7-15-9-8-14-6-3-10-20-17(14)21-15/h2,8-9,16H,1,3-7,10-13H2,(H,20,21)(H,24,25)/t16-/m1/s1. The van der Waals surface area contributed by atoms with Crippen LogP contribution in [0.1, 0.15) is 30.5 Å². The second-order valence-corrected chi connectivity index (χ2v) is 6.79. The molecule has 0 radical (unpaired) electrons. The maximum Gasteiger partial charge on any atom is 0.326 e. The molecular formula is C19H26N4O3. The summed E-state index contributed by atoms with van der Waals surface area (Å²) in [5.41, 5.74) is 2.30. The fourth-order valence-corrected chi connectivity index (χ4v) is 3.58. The van der Waals surface area contributed by atoms with E-state index < -0.39 is 12.0 Å². The number of fused-ring (bicyclic) bond motifs is 1. The number of pyridine rings is 1. The van der Waals surface area contributed by atoms with Crippen LogP contribution < -0.4 is 5.32 Å². The van der Waals surface area contributed by atoms with Gasteiger partial charge >= 0.3 is 12.0 Å². The summed E-state index contributed by atoms with van der Waals surface area (Å²) in [4.78, 5) is 31.7. The molecule has 1 atom stereocenters. The number of anilines is 1. The van der Waals surface area contributed by atoms with E-state index in [9.17, 15) is 14.7 Å². The Bertz CT molecular complexity index is 691. The molecule has 140 valence electrons. The highest BCUT2D eigenvalue weighted by molar-refractivity contribution is 5.84. The first-order valence-electron chi connectivity index (χ1n) is 9.22. The summed E-state index contributed by atoms with van der Waals surface area (Å²) in [6.45, 7) is 6.18. The van der Waals surface area contributed by atoms with Crippen LogP contribution in [0.3, 0.4) is 0 Å². The van der Waals surface area contributed by atoms with Crippen molar-refractivity contribution in [3.8, 4) is 0 Å². The molecule has 3 heterocycles. The lowest BCUT2D eigenvalue weighted by molar-refractivity contribution is -0.141. The van der Waals surface area contributed by atoms with Crippen LogP contribution in [-0.2, 0) is 17.6 Å². The number of carbonyl (C=O) groups excluding carboxylic acids is 1. The first-order valence-corrected chi connectivity index (χ1v) is 9.22. The van der Waals surface area contributed by atoms with E-state index in [-0.39, 0.29) is 12.5 Å². The highest BCUT2D eigenvalue weighted by atomic mass is 16.4. The van der Waals surface area contributed by atoms with Crippen molar-refractivity contribution >= 4 is 17.8 Å². The smallest absolute Gasteiger partial charge is 0.326 e. The molecule has 0 aliphatic carbocycles. The topological polar surface area (TPSA) is 85.8 Å². The number of hydrogen-bond donors (Lipinski definition) is 2. The van der Waals surface area contributed by atoms with E-state index >= 15 is 0 Å². The highest BCUT2D eigenvalue weighted by Gasteiger charge is 2.36. The highest BCUT2D eigenvalue weighted by Crippen LogP contribution is 2.21. The minimum Gasteiger partial charge on any atom is -0.480 e. The van der Waals surface area contributed by atoms with Crippen LogP contribution in [0.15, 0.2) is 24.8 Å². The first kappa shape index (κ1) is 18.2. The molecule has 7 nitrogen and oxygen atoms in total. The van der Waals surface area contributed by atoms with E-state index in [4.69, 9.17) is 0 Å². The third kappa shape index (κ3) is 3.98. The Morgan fingerprint density at radius 1 is 1.42 bits per heavy atom. The quantitative estimate of drug-likeness (QED) is 0.696. The van der Waals surface area contributed by atoms with Crippen molar-refractivity contribution < 1.29 is 14.7 Å². The lowest BCUT2D eigenvalue weighted by atomic mass is 10.1. The van der Waals surface area contributed by atoms with Gasteiger partial charge in [0.1, 0.15) is 11.9 Å². The average Bonchev–Trinajstić information content (AvgIpc) is 3.00. The van der Waals surface area contributed by atoms with Gasteiger partial charge in [-0.25, -0.2) is 14.6 Å². The number of carboxylic acid groups (broad SMARTS) is 1. The third-order valence-corrected chi connectivity index (χ3v) is 4.99. The summed E-state index contributed by atoms with van der Waals surface area (Å²) in [7, 11) is 0. The van der Waals surface area contributed by atoms with Gasteiger partial charge in [0.05, 0.1) is 0 Å². The van der Waals surface area contributed by atoms with Crippen LogP contribution >= 0.6 is 0 Å². The van der Waals surface area contributed by atoms with Crippen molar-refractivity contribution in [2.75, 3.05) is 31.5 Å². The van der Waals surface area contributed by atoms with E-state index in [1.807, 2.05) is 0 Å². The molecule has 0 aromatic carbocycles. The van der Waals surface area contributed by atoms with Crippen molar-refractivity contribution in [2.24, 2.45) is 0 Å². The predicted octanol–water partition coefficient (Wildman–Crippen LogP) is 2.14. The molecule has 3 rings (SSSR count). The molecule has 0 spiro atoms. The molecule has 1 aromatic heterocycles. The van der Waals surface area contributed by atoms with Crippen molar-refractivity contribution in [1.82, 2.24) is 14.8 Å². The zero-order valence-electron chi connectivity index (χ0n) is 15.0. The van der Waals surface area contributed by atoms with Gasteiger partial charge in [0, 0.05) is 31.9 Å². The normalized spacial score (nSPS) is 17.6. The number of aliphatic carboxylic acids is 1. The largest absolute Gasteiger partial charge is 0.480 e. The van der Waals surface area contributed by atoms with Crippen LogP contribution in [0.25, 0.3) is 0 Å². The lowest BCUT2D eigenvalue weighted by Gasteiger charge is -2.23. The first-order chi connectivity index (χ1) is 12.6. The van der Waals surface area contributed by atoms with Crippen LogP contribution in [0.5, 0.6) is 0 Å². The minimum absolute atomic E-state index is 0.195. The summed E-state index contributed by atoms with van der Waals surface area (Å²) >= 11 is 0.